The molecule has 94 valence electrons. The number of unbranched alkanes of at least 4 members (excludes halogenated alkanes) is 2. The molecule has 0 aromatic rings. The van der Waals surface area contributed by atoms with Crippen molar-refractivity contribution >= 4 is 5.91 Å². The van der Waals surface area contributed by atoms with Gasteiger partial charge >= 0.3 is 0 Å². The van der Waals surface area contributed by atoms with Crippen LogP contribution in [0.4, 0.5) is 0 Å². The number of carbonyl (C=O) groups excluding carboxylic acids is 1. The van der Waals surface area contributed by atoms with Gasteiger partial charge in [-0.1, -0.05) is 19.8 Å². The molecule has 1 N–H and O–H groups in total. The standard InChI is InChI=1S/C12H24N2O2/c1-3-4-5-7-14(2)12(15)9-11-10-13-6-8-16-11/h11,13H,3-10H2,1-2H3. The van der Waals surface area contributed by atoms with Crippen LogP contribution in [0.1, 0.15) is 32.6 Å². The lowest BCUT2D eigenvalue weighted by Crippen LogP contribution is -2.41. The van der Waals surface area contributed by atoms with E-state index < -0.39 is 0 Å². The maximum Gasteiger partial charge on any atom is 0.224 e. The summed E-state index contributed by atoms with van der Waals surface area (Å²) >= 11 is 0. The number of nitrogens with zero attached hydrogens (tertiary/aromatic N) is 1. The Balaban J connectivity index is 2.16. The van der Waals surface area contributed by atoms with Crippen LogP contribution in [0.5, 0.6) is 0 Å². The summed E-state index contributed by atoms with van der Waals surface area (Å²) in [7, 11) is 1.88. The van der Waals surface area contributed by atoms with Crippen LogP contribution in [-0.2, 0) is 9.53 Å². The normalized spacial score (nSPS) is 20.8. The number of rotatable bonds is 6. The minimum absolute atomic E-state index is 0.0647. The maximum absolute atomic E-state index is 11.8. The van der Waals surface area contributed by atoms with Crippen molar-refractivity contribution in [2.75, 3.05) is 33.3 Å². The van der Waals surface area contributed by atoms with Crippen LogP contribution in [-0.4, -0.2) is 50.2 Å². The van der Waals surface area contributed by atoms with Gasteiger partial charge in [-0.05, 0) is 6.42 Å². The molecule has 1 fully saturated rings. The highest BCUT2D eigenvalue weighted by molar-refractivity contribution is 5.76. The second kappa shape index (κ2) is 7.63. The molecule has 1 heterocycles. The Morgan fingerprint density at radius 1 is 1.50 bits per heavy atom. The zero-order chi connectivity index (χ0) is 11.8. The van der Waals surface area contributed by atoms with Gasteiger partial charge in [-0.3, -0.25) is 4.79 Å². The molecule has 4 nitrogen and oxygen atoms in total. The van der Waals surface area contributed by atoms with Gasteiger partial charge < -0.3 is 15.0 Å². The van der Waals surface area contributed by atoms with Crippen molar-refractivity contribution in [3.63, 3.8) is 0 Å². The lowest BCUT2D eigenvalue weighted by molar-refractivity contribution is -0.133. The van der Waals surface area contributed by atoms with Gasteiger partial charge in [0.25, 0.3) is 0 Å². The first kappa shape index (κ1) is 13.5. The Hall–Kier alpha value is -0.610. The van der Waals surface area contributed by atoms with Gasteiger partial charge in [0, 0.05) is 26.7 Å². The van der Waals surface area contributed by atoms with Gasteiger partial charge in [0.1, 0.15) is 0 Å². The van der Waals surface area contributed by atoms with Gasteiger partial charge in [0.15, 0.2) is 0 Å². The average Bonchev–Trinajstić information content (AvgIpc) is 2.30. The molecule has 0 saturated carbocycles. The predicted molar refractivity (Wildman–Crippen MR) is 64.4 cm³/mol. The second-order valence-electron chi connectivity index (χ2n) is 4.42. The summed E-state index contributed by atoms with van der Waals surface area (Å²) in [5, 5.41) is 3.24. The summed E-state index contributed by atoms with van der Waals surface area (Å²) in [4.78, 5) is 13.7. The lowest BCUT2D eigenvalue weighted by Gasteiger charge is -2.25. The van der Waals surface area contributed by atoms with Crippen molar-refractivity contribution < 1.29 is 9.53 Å². The number of morpholine rings is 1. The number of hydrogen-bond donors (Lipinski definition) is 1. The predicted octanol–water partition coefficient (Wildman–Crippen LogP) is 1.01. The van der Waals surface area contributed by atoms with E-state index in [1.54, 1.807) is 0 Å². The molecule has 0 spiro atoms. The summed E-state index contributed by atoms with van der Waals surface area (Å²) in [6.45, 7) is 5.46. The van der Waals surface area contributed by atoms with E-state index in [0.29, 0.717) is 6.42 Å². The van der Waals surface area contributed by atoms with Gasteiger partial charge in [-0.25, -0.2) is 0 Å². The quantitative estimate of drug-likeness (QED) is 0.690. The second-order valence-corrected chi connectivity index (χ2v) is 4.42. The van der Waals surface area contributed by atoms with Crippen LogP contribution in [0.3, 0.4) is 0 Å². The SMILES string of the molecule is CCCCCN(C)C(=O)CC1CNCCO1. The molecule has 1 aliphatic heterocycles. The zero-order valence-corrected chi connectivity index (χ0v) is 10.5. The first-order chi connectivity index (χ1) is 7.74. The Kier molecular flexibility index (Phi) is 6.42. The highest BCUT2D eigenvalue weighted by Crippen LogP contribution is 2.05. The molecule has 0 aliphatic carbocycles. The third-order valence-corrected chi connectivity index (χ3v) is 2.93. The minimum atomic E-state index is 0.0647. The number of carbonyl (C=O) groups is 1. The monoisotopic (exact) mass is 228 g/mol. The highest BCUT2D eigenvalue weighted by Gasteiger charge is 2.19. The minimum Gasteiger partial charge on any atom is -0.375 e. The van der Waals surface area contributed by atoms with Crippen molar-refractivity contribution in [1.82, 2.24) is 10.2 Å². The van der Waals surface area contributed by atoms with Crippen LogP contribution in [0, 0.1) is 0 Å². The Bertz CT molecular complexity index is 203. The molecule has 0 aromatic carbocycles. The fraction of sp³-hybridized carbons (Fsp3) is 0.917. The first-order valence-electron chi connectivity index (χ1n) is 6.30. The topological polar surface area (TPSA) is 41.6 Å². The van der Waals surface area contributed by atoms with Crippen LogP contribution in [0.2, 0.25) is 0 Å². The van der Waals surface area contributed by atoms with E-state index in [9.17, 15) is 4.79 Å². The largest absolute Gasteiger partial charge is 0.375 e. The molecule has 1 saturated heterocycles. The van der Waals surface area contributed by atoms with Crippen molar-refractivity contribution in [2.45, 2.75) is 38.7 Å². The van der Waals surface area contributed by atoms with E-state index in [2.05, 4.69) is 12.2 Å². The van der Waals surface area contributed by atoms with Crippen LogP contribution < -0.4 is 5.32 Å². The van der Waals surface area contributed by atoms with Gasteiger partial charge in [-0.15, -0.1) is 0 Å². The van der Waals surface area contributed by atoms with Crippen LogP contribution in [0.25, 0.3) is 0 Å². The Morgan fingerprint density at radius 2 is 2.31 bits per heavy atom. The van der Waals surface area contributed by atoms with E-state index in [1.807, 2.05) is 11.9 Å². The van der Waals surface area contributed by atoms with E-state index in [0.717, 1.165) is 32.7 Å². The first-order valence-corrected chi connectivity index (χ1v) is 6.30. The fourth-order valence-corrected chi connectivity index (χ4v) is 1.83. The third kappa shape index (κ3) is 4.94. The zero-order valence-electron chi connectivity index (χ0n) is 10.5. The molecular formula is C12H24N2O2. The number of ether oxygens (including phenoxy) is 1. The molecule has 1 atom stereocenters. The van der Waals surface area contributed by atoms with E-state index in [4.69, 9.17) is 4.74 Å². The maximum atomic E-state index is 11.8. The summed E-state index contributed by atoms with van der Waals surface area (Å²) in [6, 6.07) is 0. The average molecular weight is 228 g/mol. The molecule has 0 bridgehead atoms. The van der Waals surface area contributed by atoms with E-state index in [1.165, 1.54) is 12.8 Å². The third-order valence-electron chi connectivity index (χ3n) is 2.93. The number of nitrogens with one attached hydrogen (secondary N) is 1. The molecule has 16 heavy (non-hydrogen) atoms. The highest BCUT2D eigenvalue weighted by atomic mass is 16.5. The lowest BCUT2D eigenvalue weighted by atomic mass is 10.2. The molecule has 1 amide bonds. The summed E-state index contributed by atoms with van der Waals surface area (Å²) < 4.78 is 5.51. The molecule has 1 rings (SSSR count). The Morgan fingerprint density at radius 3 is 2.94 bits per heavy atom. The van der Waals surface area contributed by atoms with Crippen molar-refractivity contribution in [3.8, 4) is 0 Å². The van der Waals surface area contributed by atoms with Gasteiger partial charge in [-0.2, -0.15) is 0 Å². The molecular weight excluding hydrogens is 204 g/mol. The summed E-state index contributed by atoms with van der Waals surface area (Å²) in [5.41, 5.74) is 0. The smallest absolute Gasteiger partial charge is 0.224 e. The Labute approximate surface area is 98.3 Å². The summed E-state index contributed by atoms with van der Waals surface area (Å²) in [6.07, 6.45) is 4.06. The van der Waals surface area contributed by atoms with Crippen molar-refractivity contribution in [1.29, 1.82) is 0 Å². The van der Waals surface area contributed by atoms with Crippen molar-refractivity contribution in [3.05, 3.63) is 0 Å². The molecule has 0 aromatic heterocycles. The van der Waals surface area contributed by atoms with E-state index in [-0.39, 0.29) is 12.0 Å². The fourth-order valence-electron chi connectivity index (χ4n) is 1.83. The van der Waals surface area contributed by atoms with Gasteiger partial charge in [0.05, 0.1) is 19.1 Å². The van der Waals surface area contributed by atoms with Crippen molar-refractivity contribution in [2.24, 2.45) is 0 Å². The number of amides is 1. The van der Waals surface area contributed by atoms with Gasteiger partial charge in [0.2, 0.25) is 5.91 Å². The molecule has 1 aliphatic rings. The number of hydrogen-bond acceptors (Lipinski definition) is 3. The summed E-state index contributed by atoms with van der Waals surface area (Å²) in [5.74, 6) is 0.199. The molecule has 0 radical (unpaired) electrons. The molecule has 4 heteroatoms. The van der Waals surface area contributed by atoms with Crippen LogP contribution in [0.15, 0.2) is 0 Å². The van der Waals surface area contributed by atoms with Crippen LogP contribution >= 0.6 is 0 Å². The molecule has 1 unspecified atom stereocenters. The van der Waals surface area contributed by atoms with E-state index >= 15 is 0 Å².